The van der Waals surface area contributed by atoms with Gasteiger partial charge in [-0.25, -0.2) is 4.79 Å². The summed E-state index contributed by atoms with van der Waals surface area (Å²) in [5.74, 6) is 0. The van der Waals surface area contributed by atoms with Gasteiger partial charge in [-0.05, 0) is 58.7 Å². The Bertz CT molecular complexity index is 602. The quantitative estimate of drug-likeness (QED) is 0.855. The van der Waals surface area contributed by atoms with Crippen LogP contribution in [0.15, 0.2) is 47.2 Å². The summed E-state index contributed by atoms with van der Waals surface area (Å²) in [7, 11) is 0. The van der Waals surface area contributed by atoms with Crippen molar-refractivity contribution in [1.29, 1.82) is 0 Å². The van der Waals surface area contributed by atoms with Gasteiger partial charge < -0.3 is 10.1 Å². The lowest BCUT2D eigenvalue weighted by Crippen LogP contribution is -2.13. The smallest absolute Gasteiger partial charge is 0.411 e. The number of benzene rings is 1. The summed E-state index contributed by atoms with van der Waals surface area (Å²) in [4.78, 5) is 15.4. The van der Waals surface area contributed by atoms with Gasteiger partial charge in [0.05, 0.1) is 6.61 Å². The molecule has 0 saturated carbocycles. The van der Waals surface area contributed by atoms with E-state index in [2.05, 4.69) is 31.5 Å². The van der Waals surface area contributed by atoms with Crippen LogP contribution in [0.5, 0.6) is 0 Å². The molecule has 0 aliphatic heterocycles. The zero-order valence-electron chi connectivity index (χ0n) is 11.6. The van der Waals surface area contributed by atoms with Gasteiger partial charge in [0.25, 0.3) is 0 Å². The number of hydrogen-bond donors (Lipinski definition) is 2. The average molecular weight is 350 g/mol. The fourth-order valence-corrected chi connectivity index (χ4v) is 2.13. The molecule has 2 N–H and O–H groups in total. The van der Waals surface area contributed by atoms with Crippen LogP contribution in [0.1, 0.15) is 12.5 Å². The van der Waals surface area contributed by atoms with Crippen LogP contribution in [-0.4, -0.2) is 17.7 Å². The Morgan fingerprint density at radius 3 is 2.62 bits per heavy atom. The van der Waals surface area contributed by atoms with E-state index >= 15 is 0 Å². The summed E-state index contributed by atoms with van der Waals surface area (Å²) < 4.78 is 5.77. The number of nitrogens with one attached hydrogen (secondary N) is 2. The molecule has 0 aliphatic carbocycles. The van der Waals surface area contributed by atoms with Crippen LogP contribution in [0.4, 0.5) is 16.2 Å². The van der Waals surface area contributed by atoms with Crippen molar-refractivity contribution in [2.45, 2.75) is 13.5 Å². The fourth-order valence-electron chi connectivity index (χ4n) is 1.71. The Morgan fingerprint density at radius 1 is 1.24 bits per heavy atom. The first kappa shape index (κ1) is 15.3. The third kappa shape index (κ3) is 5.07. The van der Waals surface area contributed by atoms with Gasteiger partial charge in [-0.1, -0.05) is 0 Å². The van der Waals surface area contributed by atoms with E-state index in [1.807, 2.05) is 36.5 Å². The van der Waals surface area contributed by atoms with E-state index in [1.54, 1.807) is 13.1 Å². The van der Waals surface area contributed by atoms with Gasteiger partial charge in [0.1, 0.15) is 0 Å². The molecule has 1 aromatic carbocycles. The predicted octanol–water partition coefficient (Wildman–Crippen LogP) is 4.02. The molecule has 0 fully saturated rings. The molecule has 0 bridgehead atoms. The van der Waals surface area contributed by atoms with Crippen LogP contribution >= 0.6 is 15.9 Å². The minimum absolute atomic E-state index is 0.353. The van der Waals surface area contributed by atoms with Crippen molar-refractivity contribution < 1.29 is 9.53 Å². The van der Waals surface area contributed by atoms with Crippen molar-refractivity contribution in [3.63, 3.8) is 0 Å². The lowest BCUT2D eigenvalue weighted by molar-refractivity contribution is 0.168. The summed E-state index contributed by atoms with van der Waals surface area (Å²) in [5.41, 5.74) is 2.74. The first-order valence-electron chi connectivity index (χ1n) is 6.54. The highest BCUT2D eigenvalue weighted by molar-refractivity contribution is 9.10. The van der Waals surface area contributed by atoms with E-state index < -0.39 is 6.09 Å². The third-order valence-electron chi connectivity index (χ3n) is 2.66. The number of rotatable bonds is 5. The van der Waals surface area contributed by atoms with Crippen LogP contribution < -0.4 is 10.6 Å². The van der Waals surface area contributed by atoms with Crippen LogP contribution in [0, 0.1) is 0 Å². The summed E-state index contributed by atoms with van der Waals surface area (Å²) >= 11 is 3.39. The van der Waals surface area contributed by atoms with Crippen LogP contribution in [0.3, 0.4) is 0 Å². The van der Waals surface area contributed by atoms with Crippen molar-refractivity contribution in [3.05, 3.63) is 52.8 Å². The summed E-state index contributed by atoms with van der Waals surface area (Å²) in [6, 6.07) is 9.44. The Balaban J connectivity index is 1.89. The number of nitrogens with zero attached hydrogens (tertiary/aromatic N) is 1. The monoisotopic (exact) mass is 349 g/mol. The third-order valence-corrected chi connectivity index (χ3v) is 3.10. The number of anilines is 2. The predicted molar refractivity (Wildman–Crippen MR) is 86.4 cm³/mol. The van der Waals surface area contributed by atoms with E-state index in [0.717, 1.165) is 15.7 Å². The molecule has 1 amide bonds. The molecule has 0 aliphatic rings. The SMILES string of the molecule is CCOC(=O)Nc1ccc(NCc2cncc(Br)c2)cc1. The normalized spacial score (nSPS) is 10.0. The van der Waals surface area contributed by atoms with Gasteiger partial charge in [0, 0.05) is 34.8 Å². The largest absolute Gasteiger partial charge is 0.450 e. The Labute approximate surface area is 131 Å². The lowest BCUT2D eigenvalue weighted by atomic mass is 10.2. The lowest BCUT2D eigenvalue weighted by Gasteiger charge is -2.08. The molecule has 21 heavy (non-hydrogen) atoms. The second-order valence-corrected chi connectivity index (χ2v) is 5.20. The van der Waals surface area contributed by atoms with Crippen molar-refractivity contribution >= 4 is 33.4 Å². The zero-order valence-corrected chi connectivity index (χ0v) is 13.2. The van der Waals surface area contributed by atoms with Crippen molar-refractivity contribution in [2.75, 3.05) is 17.2 Å². The number of aromatic nitrogens is 1. The highest BCUT2D eigenvalue weighted by atomic mass is 79.9. The first-order chi connectivity index (χ1) is 10.2. The van der Waals surface area contributed by atoms with E-state index in [-0.39, 0.29) is 0 Å². The number of carbonyl (C=O) groups is 1. The van der Waals surface area contributed by atoms with Crippen LogP contribution in [0.2, 0.25) is 0 Å². The minimum atomic E-state index is -0.446. The number of carbonyl (C=O) groups excluding carboxylic acids is 1. The fraction of sp³-hybridized carbons (Fsp3) is 0.200. The Hall–Kier alpha value is -2.08. The summed E-state index contributed by atoms with van der Waals surface area (Å²) in [6.45, 7) is 2.80. The van der Waals surface area contributed by atoms with Gasteiger partial charge in [0.15, 0.2) is 0 Å². The van der Waals surface area contributed by atoms with Gasteiger partial charge >= 0.3 is 6.09 Å². The maximum absolute atomic E-state index is 11.3. The molecule has 0 spiro atoms. The molecule has 1 aromatic heterocycles. The second kappa shape index (κ2) is 7.64. The highest BCUT2D eigenvalue weighted by Crippen LogP contribution is 2.16. The number of halogens is 1. The summed E-state index contributed by atoms with van der Waals surface area (Å²) in [5, 5.41) is 5.94. The maximum atomic E-state index is 11.3. The Morgan fingerprint density at radius 2 is 1.95 bits per heavy atom. The molecular formula is C15H16BrN3O2. The summed E-state index contributed by atoms with van der Waals surface area (Å²) in [6.07, 6.45) is 3.12. The minimum Gasteiger partial charge on any atom is -0.450 e. The molecule has 5 nitrogen and oxygen atoms in total. The molecule has 0 atom stereocenters. The zero-order chi connectivity index (χ0) is 15.1. The van der Waals surface area contributed by atoms with E-state index in [1.165, 1.54) is 0 Å². The second-order valence-electron chi connectivity index (χ2n) is 4.29. The molecule has 110 valence electrons. The topological polar surface area (TPSA) is 63.2 Å². The number of ether oxygens (including phenoxy) is 1. The highest BCUT2D eigenvalue weighted by Gasteiger charge is 2.01. The van der Waals surface area contributed by atoms with Crippen molar-refractivity contribution in [2.24, 2.45) is 0 Å². The van der Waals surface area contributed by atoms with E-state index in [9.17, 15) is 4.79 Å². The molecule has 0 unspecified atom stereocenters. The van der Waals surface area contributed by atoms with Crippen LogP contribution in [0.25, 0.3) is 0 Å². The molecule has 1 heterocycles. The Kier molecular flexibility index (Phi) is 5.57. The van der Waals surface area contributed by atoms with Gasteiger partial charge in [-0.2, -0.15) is 0 Å². The maximum Gasteiger partial charge on any atom is 0.411 e. The van der Waals surface area contributed by atoms with E-state index in [0.29, 0.717) is 18.8 Å². The van der Waals surface area contributed by atoms with Crippen LogP contribution in [-0.2, 0) is 11.3 Å². The molecule has 0 saturated heterocycles. The number of hydrogen-bond acceptors (Lipinski definition) is 4. The standard InChI is InChI=1S/C15H16BrN3O2/c1-2-21-15(20)19-14-5-3-13(4-6-14)18-9-11-7-12(16)10-17-8-11/h3-8,10,18H,2,9H2,1H3,(H,19,20). The van der Waals surface area contributed by atoms with Gasteiger partial charge in [-0.15, -0.1) is 0 Å². The molecule has 0 radical (unpaired) electrons. The molecule has 2 aromatic rings. The van der Waals surface area contributed by atoms with Gasteiger partial charge in [-0.3, -0.25) is 10.3 Å². The first-order valence-corrected chi connectivity index (χ1v) is 7.34. The number of pyridine rings is 1. The van der Waals surface area contributed by atoms with Crippen molar-refractivity contribution in [3.8, 4) is 0 Å². The van der Waals surface area contributed by atoms with Gasteiger partial charge in [0.2, 0.25) is 0 Å². The average Bonchev–Trinajstić information content (AvgIpc) is 2.47. The molecule has 2 rings (SSSR count). The number of amides is 1. The van der Waals surface area contributed by atoms with Crippen molar-refractivity contribution in [1.82, 2.24) is 4.98 Å². The molecule has 6 heteroatoms. The molecular weight excluding hydrogens is 334 g/mol. The van der Waals surface area contributed by atoms with E-state index in [4.69, 9.17) is 4.74 Å².